The Labute approximate surface area is 120 Å². The lowest BCUT2D eigenvalue weighted by Crippen LogP contribution is -2.35. The molecule has 1 heterocycles. The number of nitrogens with two attached hydrogens (primary N) is 1. The number of nitrogens with one attached hydrogen (secondary N) is 1. The van der Waals surface area contributed by atoms with Crippen LogP contribution < -0.4 is 11.1 Å². The highest BCUT2D eigenvalue weighted by Gasteiger charge is 2.23. The first-order chi connectivity index (χ1) is 8.56. The summed E-state index contributed by atoms with van der Waals surface area (Å²) in [4.78, 5) is 5.27. The molecule has 0 unspecified atom stereocenters. The molecule has 0 radical (unpaired) electrons. The van der Waals surface area contributed by atoms with E-state index in [9.17, 15) is 0 Å². The lowest BCUT2D eigenvalue weighted by atomic mass is 10.1. The zero-order chi connectivity index (χ0) is 13.1. The van der Waals surface area contributed by atoms with E-state index in [-0.39, 0.29) is 11.2 Å². The van der Waals surface area contributed by atoms with Crippen LogP contribution in [0.1, 0.15) is 12.0 Å². The Balaban J connectivity index is 2.01. The van der Waals surface area contributed by atoms with Crippen molar-refractivity contribution in [3.05, 3.63) is 33.8 Å². The van der Waals surface area contributed by atoms with E-state index in [4.69, 9.17) is 46.0 Å². The number of benzene rings is 1. The summed E-state index contributed by atoms with van der Waals surface area (Å²) >= 11 is 16.7. The van der Waals surface area contributed by atoms with Crippen molar-refractivity contribution in [2.45, 2.75) is 12.5 Å². The zero-order valence-corrected chi connectivity index (χ0v) is 11.6. The van der Waals surface area contributed by atoms with E-state index >= 15 is 0 Å². The third kappa shape index (κ3) is 3.25. The highest BCUT2D eigenvalue weighted by molar-refractivity contribution is 7.80. The predicted octanol–water partition coefficient (Wildman–Crippen LogP) is 2.32. The molecule has 0 aliphatic carbocycles. The second kappa shape index (κ2) is 5.73. The van der Waals surface area contributed by atoms with E-state index in [1.54, 1.807) is 12.1 Å². The minimum Gasteiger partial charge on any atom is -0.390 e. The van der Waals surface area contributed by atoms with Crippen molar-refractivity contribution in [2.24, 2.45) is 10.9 Å². The predicted molar refractivity (Wildman–Crippen MR) is 77.3 cm³/mol. The maximum absolute atomic E-state index is 6.11. The Kier molecular flexibility index (Phi) is 4.27. The van der Waals surface area contributed by atoms with Crippen LogP contribution in [0.3, 0.4) is 0 Å². The van der Waals surface area contributed by atoms with E-state index in [1.165, 1.54) is 0 Å². The number of rotatable bonds is 3. The topological polar surface area (TPSA) is 59.6 Å². The fourth-order valence-corrected chi connectivity index (χ4v) is 2.24. The van der Waals surface area contributed by atoms with Gasteiger partial charge in [0.1, 0.15) is 6.10 Å². The summed E-state index contributed by atoms with van der Waals surface area (Å²) in [6.45, 7) is 0.521. The Morgan fingerprint density at radius 3 is 3.00 bits per heavy atom. The lowest BCUT2D eigenvalue weighted by Gasteiger charge is -2.09. The molecule has 1 aliphatic rings. The van der Waals surface area contributed by atoms with Crippen molar-refractivity contribution in [3.63, 3.8) is 0 Å². The third-order valence-corrected chi connectivity index (χ3v) is 3.17. The molecule has 0 bridgehead atoms. The van der Waals surface area contributed by atoms with Crippen LogP contribution in [0, 0.1) is 0 Å². The number of oxime groups is 1. The van der Waals surface area contributed by atoms with Crippen LogP contribution in [0.4, 0.5) is 0 Å². The molecule has 0 saturated carbocycles. The molecule has 3 N–H and O–H groups in total. The van der Waals surface area contributed by atoms with Crippen LogP contribution in [-0.2, 0) is 4.84 Å². The quantitative estimate of drug-likeness (QED) is 0.841. The summed E-state index contributed by atoms with van der Waals surface area (Å²) in [5, 5.41) is 8.26. The number of hydrogen-bond donors (Lipinski definition) is 2. The van der Waals surface area contributed by atoms with Crippen molar-refractivity contribution >= 4 is 46.2 Å². The maximum Gasteiger partial charge on any atom is 0.163 e. The maximum atomic E-state index is 6.11. The van der Waals surface area contributed by atoms with Gasteiger partial charge in [-0.1, -0.05) is 34.4 Å². The van der Waals surface area contributed by atoms with Crippen molar-refractivity contribution in [2.75, 3.05) is 6.54 Å². The van der Waals surface area contributed by atoms with Crippen LogP contribution in [0.15, 0.2) is 23.4 Å². The van der Waals surface area contributed by atoms with E-state index in [0.717, 1.165) is 11.3 Å². The van der Waals surface area contributed by atoms with Gasteiger partial charge in [-0.25, -0.2) is 0 Å². The summed E-state index contributed by atoms with van der Waals surface area (Å²) in [5.74, 6) is 0. The van der Waals surface area contributed by atoms with Gasteiger partial charge in [-0.05, 0) is 24.4 Å². The molecule has 0 saturated heterocycles. The molecule has 0 spiro atoms. The molecule has 1 atom stereocenters. The average molecular weight is 304 g/mol. The van der Waals surface area contributed by atoms with Gasteiger partial charge in [0.25, 0.3) is 0 Å². The first kappa shape index (κ1) is 13.4. The first-order valence-corrected chi connectivity index (χ1v) is 6.44. The normalized spacial score (nSPS) is 18.1. The average Bonchev–Trinajstić information content (AvgIpc) is 2.75. The highest BCUT2D eigenvalue weighted by atomic mass is 35.5. The standard InChI is InChI=1S/C11H11Cl2N3OS/c12-6-1-2-8(9(13)3-6)10-4-7(17-16-10)5-15-11(14)18/h1-3,7H,4-5H2,(H3,14,15,18)/t7-/m0/s1. The van der Waals surface area contributed by atoms with Gasteiger partial charge in [-0.3, -0.25) is 0 Å². The molecular weight excluding hydrogens is 293 g/mol. The molecule has 1 aromatic rings. The van der Waals surface area contributed by atoms with Gasteiger partial charge in [0, 0.05) is 17.0 Å². The molecule has 1 aliphatic heterocycles. The van der Waals surface area contributed by atoms with Crippen molar-refractivity contribution in [3.8, 4) is 0 Å². The van der Waals surface area contributed by atoms with E-state index in [1.807, 2.05) is 6.07 Å². The van der Waals surface area contributed by atoms with E-state index in [2.05, 4.69) is 10.5 Å². The van der Waals surface area contributed by atoms with E-state index in [0.29, 0.717) is 23.0 Å². The Morgan fingerprint density at radius 1 is 1.56 bits per heavy atom. The summed E-state index contributed by atoms with van der Waals surface area (Å²) in [6, 6.07) is 5.28. The van der Waals surface area contributed by atoms with Gasteiger partial charge < -0.3 is 15.9 Å². The third-order valence-electron chi connectivity index (χ3n) is 2.48. The number of hydrogen-bond acceptors (Lipinski definition) is 3. The second-order valence-corrected chi connectivity index (χ2v) is 5.12. The minimum atomic E-state index is -0.0896. The summed E-state index contributed by atoms with van der Waals surface area (Å²) in [5.41, 5.74) is 6.98. The minimum absolute atomic E-state index is 0.0896. The van der Waals surface area contributed by atoms with Gasteiger partial charge in [-0.2, -0.15) is 0 Å². The molecule has 1 aromatic carbocycles. The van der Waals surface area contributed by atoms with Gasteiger partial charge in [0.2, 0.25) is 0 Å². The van der Waals surface area contributed by atoms with Gasteiger partial charge in [0.05, 0.1) is 17.3 Å². The summed E-state index contributed by atoms with van der Waals surface area (Å²) < 4.78 is 0. The number of halogens is 2. The molecule has 0 aromatic heterocycles. The smallest absolute Gasteiger partial charge is 0.163 e. The molecular formula is C11H11Cl2N3OS. The van der Waals surface area contributed by atoms with Gasteiger partial charge >= 0.3 is 0 Å². The fraction of sp³-hybridized carbons (Fsp3) is 0.273. The molecule has 4 nitrogen and oxygen atoms in total. The lowest BCUT2D eigenvalue weighted by molar-refractivity contribution is 0.0886. The Bertz CT molecular complexity index is 507. The Morgan fingerprint density at radius 2 is 2.33 bits per heavy atom. The summed E-state index contributed by atoms with van der Waals surface area (Å²) in [7, 11) is 0. The second-order valence-electron chi connectivity index (χ2n) is 3.84. The van der Waals surface area contributed by atoms with Crippen LogP contribution in [0.25, 0.3) is 0 Å². The largest absolute Gasteiger partial charge is 0.390 e. The number of nitrogens with zero attached hydrogens (tertiary/aromatic N) is 1. The molecule has 2 rings (SSSR count). The van der Waals surface area contributed by atoms with Crippen LogP contribution >= 0.6 is 35.4 Å². The van der Waals surface area contributed by atoms with Crippen molar-refractivity contribution in [1.29, 1.82) is 0 Å². The van der Waals surface area contributed by atoms with Gasteiger partial charge in [0.15, 0.2) is 5.11 Å². The monoisotopic (exact) mass is 303 g/mol. The van der Waals surface area contributed by atoms with E-state index < -0.39 is 0 Å². The van der Waals surface area contributed by atoms with Crippen LogP contribution in [-0.4, -0.2) is 23.5 Å². The van der Waals surface area contributed by atoms with Crippen molar-refractivity contribution in [1.82, 2.24) is 5.32 Å². The first-order valence-electron chi connectivity index (χ1n) is 5.27. The number of thiocarbonyl (C=S) groups is 1. The van der Waals surface area contributed by atoms with Crippen LogP contribution in [0.5, 0.6) is 0 Å². The molecule has 18 heavy (non-hydrogen) atoms. The molecule has 96 valence electrons. The molecule has 7 heteroatoms. The van der Waals surface area contributed by atoms with Crippen molar-refractivity contribution < 1.29 is 4.84 Å². The Hall–Kier alpha value is -1.04. The summed E-state index contributed by atoms with van der Waals surface area (Å²) in [6.07, 6.45) is 0.560. The SMILES string of the molecule is NC(=S)NC[C@@H]1CC(c2ccc(Cl)cc2Cl)=NO1. The molecule has 0 amide bonds. The zero-order valence-electron chi connectivity index (χ0n) is 9.32. The van der Waals surface area contributed by atoms with Crippen LogP contribution in [0.2, 0.25) is 10.0 Å². The fourth-order valence-electron chi connectivity index (χ4n) is 1.63. The highest BCUT2D eigenvalue weighted by Crippen LogP contribution is 2.25. The molecule has 0 fully saturated rings. The van der Waals surface area contributed by atoms with Gasteiger partial charge in [-0.15, -0.1) is 0 Å².